The molecule has 3 N–H and O–H groups in total. The van der Waals surface area contributed by atoms with Gasteiger partial charge in [0.05, 0.1) is 34.3 Å². The molecular weight excluding hydrogens is 466 g/mol. The molecule has 0 saturated heterocycles. The van der Waals surface area contributed by atoms with Crippen LogP contribution in [0.3, 0.4) is 0 Å². The van der Waals surface area contributed by atoms with Crippen LogP contribution in [-0.4, -0.2) is 46.0 Å². The van der Waals surface area contributed by atoms with E-state index in [0.29, 0.717) is 28.4 Å². The van der Waals surface area contributed by atoms with Crippen LogP contribution in [-0.2, 0) is 4.79 Å². The van der Waals surface area contributed by atoms with Gasteiger partial charge < -0.3 is 10.3 Å². The number of imidazole rings is 1. The van der Waals surface area contributed by atoms with E-state index in [1.165, 1.54) is 0 Å². The van der Waals surface area contributed by atoms with Crippen LogP contribution in [0.5, 0.6) is 0 Å². The molecule has 0 aliphatic heterocycles. The third-order valence-corrected chi connectivity index (χ3v) is 5.96. The maximum absolute atomic E-state index is 12.4. The van der Waals surface area contributed by atoms with Gasteiger partial charge in [0.15, 0.2) is 11.5 Å². The minimum Gasteiger partial charge on any atom is -0.336 e. The number of aromatic amines is 2. The largest absolute Gasteiger partial charge is 0.336 e. The molecule has 0 aromatic carbocycles. The molecule has 37 heavy (non-hydrogen) atoms. The molecule has 10 nitrogen and oxygen atoms in total. The second kappa shape index (κ2) is 8.59. The molecule has 0 bridgehead atoms. The van der Waals surface area contributed by atoms with Crippen molar-refractivity contribution in [2.45, 2.75) is 20.8 Å². The average Bonchev–Trinajstić information content (AvgIpc) is 3.52. The van der Waals surface area contributed by atoms with E-state index < -0.39 is 5.41 Å². The number of anilines is 1. The number of nitrogens with zero attached hydrogens (tertiary/aromatic N) is 6. The average molecular weight is 490 g/mol. The number of nitrogens with one attached hydrogen (secondary N) is 3. The third kappa shape index (κ3) is 4.18. The molecule has 0 spiro atoms. The number of hydrogen-bond donors (Lipinski definition) is 3. The summed E-state index contributed by atoms with van der Waals surface area (Å²) in [5.41, 5.74) is 6.87. The summed E-state index contributed by atoms with van der Waals surface area (Å²) in [6.45, 7) is 5.59. The lowest BCUT2D eigenvalue weighted by Crippen LogP contribution is -2.27. The number of carbonyl (C=O) groups is 1. The highest BCUT2D eigenvalue weighted by molar-refractivity contribution is 5.96. The number of amides is 1. The first-order chi connectivity index (χ1) is 17.9. The first-order valence-corrected chi connectivity index (χ1v) is 11.7. The van der Waals surface area contributed by atoms with Crippen LogP contribution in [0.1, 0.15) is 20.8 Å². The van der Waals surface area contributed by atoms with Gasteiger partial charge in [0.1, 0.15) is 11.0 Å². The fourth-order valence-corrected chi connectivity index (χ4v) is 3.96. The van der Waals surface area contributed by atoms with Crippen LogP contribution in [0.25, 0.3) is 56.1 Å². The van der Waals surface area contributed by atoms with Gasteiger partial charge in [-0.25, -0.2) is 9.97 Å². The quantitative estimate of drug-likeness (QED) is 0.317. The van der Waals surface area contributed by atoms with Gasteiger partial charge in [-0.1, -0.05) is 20.8 Å². The maximum atomic E-state index is 12.4. The number of pyridine rings is 4. The second-order valence-electron chi connectivity index (χ2n) is 9.71. The van der Waals surface area contributed by atoms with E-state index in [0.717, 1.165) is 33.4 Å². The topological polar surface area (TPSA) is 138 Å². The second-order valence-corrected chi connectivity index (χ2v) is 9.71. The van der Waals surface area contributed by atoms with E-state index in [1.54, 1.807) is 31.0 Å². The Morgan fingerprint density at radius 2 is 1.65 bits per heavy atom. The Balaban J connectivity index is 1.40. The Kier molecular flexibility index (Phi) is 5.22. The smallest absolute Gasteiger partial charge is 0.229 e. The van der Waals surface area contributed by atoms with Gasteiger partial charge in [0.2, 0.25) is 5.91 Å². The monoisotopic (exact) mass is 489 g/mol. The molecule has 6 aromatic heterocycles. The Morgan fingerprint density at radius 3 is 2.46 bits per heavy atom. The normalized spacial score (nSPS) is 11.8. The van der Waals surface area contributed by atoms with Crippen molar-refractivity contribution in [2.24, 2.45) is 5.41 Å². The van der Waals surface area contributed by atoms with Crippen molar-refractivity contribution in [3.05, 3.63) is 67.4 Å². The molecule has 1 amide bonds. The maximum Gasteiger partial charge on any atom is 0.229 e. The zero-order chi connectivity index (χ0) is 25.6. The van der Waals surface area contributed by atoms with Gasteiger partial charge >= 0.3 is 0 Å². The molecule has 0 atom stereocenters. The third-order valence-electron chi connectivity index (χ3n) is 5.96. The summed E-state index contributed by atoms with van der Waals surface area (Å²) < 4.78 is 0. The molecule has 0 saturated carbocycles. The summed E-state index contributed by atoms with van der Waals surface area (Å²) in [5, 5.41) is 10.5. The lowest BCUT2D eigenvalue weighted by Gasteiger charge is -2.17. The van der Waals surface area contributed by atoms with Crippen molar-refractivity contribution in [1.82, 2.24) is 40.1 Å². The van der Waals surface area contributed by atoms with E-state index in [9.17, 15) is 4.79 Å². The SMILES string of the molecule is CC(C)(C)C(=O)Nc1cncc(-c2ccc3[nH]nc(-c4nc5c(-c6ccncc6)nccc5[nH]4)c3n2)c1. The molecular formula is C27H23N9O. The first-order valence-electron chi connectivity index (χ1n) is 11.7. The van der Waals surface area contributed by atoms with E-state index in [1.807, 2.05) is 57.2 Å². The summed E-state index contributed by atoms with van der Waals surface area (Å²) in [7, 11) is 0. The number of rotatable bonds is 4. The fraction of sp³-hybridized carbons (Fsp3) is 0.148. The van der Waals surface area contributed by atoms with E-state index in [2.05, 4.69) is 35.5 Å². The number of aromatic nitrogens is 8. The summed E-state index contributed by atoms with van der Waals surface area (Å²) in [5.74, 6) is 0.496. The Bertz CT molecular complexity index is 1760. The van der Waals surface area contributed by atoms with Crippen LogP contribution < -0.4 is 5.32 Å². The molecule has 0 aliphatic carbocycles. The zero-order valence-electron chi connectivity index (χ0n) is 20.4. The Morgan fingerprint density at radius 1 is 0.838 bits per heavy atom. The predicted molar refractivity (Wildman–Crippen MR) is 141 cm³/mol. The predicted octanol–water partition coefficient (Wildman–Crippen LogP) is 5.00. The van der Waals surface area contributed by atoms with Crippen LogP contribution in [0.4, 0.5) is 5.69 Å². The van der Waals surface area contributed by atoms with Crippen LogP contribution in [0.2, 0.25) is 0 Å². The van der Waals surface area contributed by atoms with Crippen LogP contribution in [0.15, 0.2) is 67.4 Å². The molecule has 6 aromatic rings. The van der Waals surface area contributed by atoms with E-state index in [4.69, 9.17) is 9.97 Å². The van der Waals surface area contributed by atoms with E-state index in [-0.39, 0.29) is 5.91 Å². The molecule has 6 heterocycles. The van der Waals surface area contributed by atoms with Crippen molar-refractivity contribution in [1.29, 1.82) is 0 Å². The van der Waals surface area contributed by atoms with Gasteiger partial charge in [-0.2, -0.15) is 5.10 Å². The molecule has 182 valence electrons. The van der Waals surface area contributed by atoms with Gasteiger partial charge in [0, 0.05) is 41.3 Å². The van der Waals surface area contributed by atoms with Crippen molar-refractivity contribution >= 4 is 33.7 Å². The summed E-state index contributed by atoms with van der Waals surface area (Å²) in [4.78, 5) is 38.4. The number of hydrogen-bond acceptors (Lipinski definition) is 7. The molecule has 10 heteroatoms. The molecule has 0 radical (unpaired) electrons. The fourth-order valence-electron chi connectivity index (χ4n) is 3.96. The summed E-state index contributed by atoms with van der Waals surface area (Å²) in [6, 6.07) is 11.4. The number of fused-ring (bicyclic) bond motifs is 2. The minimum atomic E-state index is -0.516. The Labute approximate surface area is 211 Å². The number of H-pyrrole nitrogens is 2. The number of carbonyl (C=O) groups excluding carboxylic acids is 1. The van der Waals surface area contributed by atoms with Crippen LogP contribution >= 0.6 is 0 Å². The highest BCUT2D eigenvalue weighted by Gasteiger charge is 2.22. The summed E-state index contributed by atoms with van der Waals surface area (Å²) in [6.07, 6.45) is 8.55. The van der Waals surface area contributed by atoms with Gasteiger partial charge in [0.25, 0.3) is 0 Å². The van der Waals surface area contributed by atoms with Crippen LogP contribution in [0, 0.1) is 5.41 Å². The lowest BCUT2D eigenvalue weighted by molar-refractivity contribution is -0.123. The first kappa shape index (κ1) is 22.5. The highest BCUT2D eigenvalue weighted by atomic mass is 16.2. The molecule has 0 aliphatic rings. The Hall–Kier alpha value is -4.99. The molecule has 0 unspecified atom stereocenters. The minimum absolute atomic E-state index is 0.0857. The van der Waals surface area contributed by atoms with E-state index >= 15 is 0 Å². The van der Waals surface area contributed by atoms with Crippen molar-refractivity contribution in [3.8, 4) is 34.0 Å². The van der Waals surface area contributed by atoms with Gasteiger partial charge in [-0.3, -0.25) is 24.8 Å². The van der Waals surface area contributed by atoms with Gasteiger partial charge in [-0.15, -0.1) is 0 Å². The molecule has 6 rings (SSSR count). The van der Waals surface area contributed by atoms with Crippen molar-refractivity contribution < 1.29 is 4.79 Å². The highest BCUT2D eigenvalue weighted by Crippen LogP contribution is 2.31. The lowest BCUT2D eigenvalue weighted by atomic mass is 9.95. The summed E-state index contributed by atoms with van der Waals surface area (Å²) >= 11 is 0. The van der Waals surface area contributed by atoms with Gasteiger partial charge in [-0.05, 0) is 36.4 Å². The molecule has 0 fully saturated rings. The zero-order valence-corrected chi connectivity index (χ0v) is 20.4. The van der Waals surface area contributed by atoms with Crippen molar-refractivity contribution in [2.75, 3.05) is 5.32 Å². The standard InChI is InChI=1S/C27H23N9O/c1-27(2,3)26(37)31-17-12-16(13-29-14-17)18-4-5-20-23(32-18)24(36-35-20)25-33-19-8-11-30-21(22(19)34-25)15-6-9-28-10-7-15/h4-14H,1-3H3,(H,31,37)(H,33,34)(H,35,36). The van der Waals surface area contributed by atoms with Crippen molar-refractivity contribution in [3.63, 3.8) is 0 Å².